The van der Waals surface area contributed by atoms with Crippen molar-refractivity contribution in [2.24, 2.45) is 0 Å². The van der Waals surface area contributed by atoms with E-state index in [0.29, 0.717) is 5.75 Å². The monoisotopic (exact) mass is 215 g/mol. The minimum atomic E-state index is -1.02. The molecule has 0 amide bonds. The van der Waals surface area contributed by atoms with Crippen LogP contribution in [0.3, 0.4) is 0 Å². The zero-order valence-corrected chi connectivity index (χ0v) is 7.41. The van der Waals surface area contributed by atoms with E-state index in [0.717, 1.165) is 4.47 Å². The van der Waals surface area contributed by atoms with E-state index >= 15 is 0 Å². The summed E-state index contributed by atoms with van der Waals surface area (Å²) < 4.78 is 5.75. The predicted molar refractivity (Wildman–Crippen MR) is 46.1 cm³/mol. The van der Waals surface area contributed by atoms with Gasteiger partial charge in [-0.15, -0.1) is 0 Å². The van der Waals surface area contributed by atoms with E-state index in [1.165, 1.54) is 0 Å². The van der Waals surface area contributed by atoms with Crippen molar-refractivity contribution in [1.29, 1.82) is 0 Å². The molecule has 0 saturated carbocycles. The molecule has 0 aromatic heterocycles. The lowest BCUT2D eigenvalue weighted by Gasteiger charge is -2.09. The summed E-state index contributed by atoms with van der Waals surface area (Å²) in [5.74, 6) is 0.593. The summed E-state index contributed by atoms with van der Waals surface area (Å²) in [6.07, 6.45) is -1.02. The molecule has 1 unspecified atom stereocenters. The minimum absolute atomic E-state index is 0.593. The number of hydrogen-bond acceptors (Lipinski definition) is 2. The first-order valence-electron chi connectivity index (χ1n) is 3.12. The molecule has 3 heteroatoms. The molecule has 1 aromatic carbocycles. The fraction of sp³-hybridized carbons (Fsp3) is 0.125. The predicted octanol–water partition coefficient (Wildman–Crippen LogP) is 1.98. The van der Waals surface area contributed by atoms with Gasteiger partial charge in [0.2, 0.25) is 0 Å². The van der Waals surface area contributed by atoms with Crippen molar-refractivity contribution in [1.82, 2.24) is 0 Å². The van der Waals surface area contributed by atoms with Crippen molar-refractivity contribution in [2.75, 3.05) is 0 Å². The van der Waals surface area contributed by atoms with Gasteiger partial charge in [0.25, 0.3) is 0 Å². The van der Waals surface area contributed by atoms with Crippen LogP contribution in [-0.2, 0) is 0 Å². The van der Waals surface area contributed by atoms with Crippen molar-refractivity contribution < 1.29 is 9.84 Å². The molecule has 0 fully saturated rings. The van der Waals surface area contributed by atoms with Crippen molar-refractivity contribution in [3.8, 4) is 5.75 Å². The Hall–Kier alpha value is -0.540. The van der Waals surface area contributed by atoms with Gasteiger partial charge in [-0.2, -0.15) is 0 Å². The second kappa shape index (κ2) is 3.74. The molecule has 1 N–H and O–H groups in total. The van der Waals surface area contributed by atoms with Gasteiger partial charge < -0.3 is 9.84 Å². The third-order valence-electron chi connectivity index (χ3n) is 1.10. The summed E-state index contributed by atoms with van der Waals surface area (Å²) >= 11 is 3.26. The summed E-state index contributed by atoms with van der Waals surface area (Å²) in [6.45, 7) is 3.29. The standard InChI is InChI=1S/C8H8BrO2/c1-6(10)11-8-5-3-2-4-7(8)9/h2-6,10H,1H2. The Labute approximate surface area is 73.9 Å². The second-order valence-electron chi connectivity index (χ2n) is 2.00. The summed E-state index contributed by atoms with van der Waals surface area (Å²) in [5.41, 5.74) is 0. The number of ether oxygens (including phenoxy) is 1. The van der Waals surface area contributed by atoms with E-state index in [1.54, 1.807) is 6.07 Å². The fourth-order valence-corrected chi connectivity index (χ4v) is 1.07. The maximum atomic E-state index is 8.78. The highest BCUT2D eigenvalue weighted by Crippen LogP contribution is 2.24. The highest BCUT2D eigenvalue weighted by Gasteiger charge is 2.01. The van der Waals surface area contributed by atoms with Crippen molar-refractivity contribution in [2.45, 2.75) is 6.29 Å². The lowest BCUT2D eigenvalue weighted by molar-refractivity contribution is 0.0217. The van der Waals surface area contributed by atoms with Crippen LogP contribution in [0.5, 0.6) is 5.75 Å². The summed E-state index contributed by atoms with van der Waals surface area (Å²) in [6, 6.07) is 7.27. The number of para-hydroxylation sites is 1. The summed E-state index contributed by atoms with van der Waals surface area (Å²) in [4.78, 5) is 0. The quantitative estimate of drug-likeness (QED) is 0.766. The normalized spacial score (nSPS) is 12.6. The number of halogens is 1. The number of benzene rings is 1. The molecule has 0 heterocycles. The molecule has 0 aliphatic heterocycles. The molecule has 1 atom stereocenters. The van der Waals surface area contributed by atoms with Crippen molar-refractivity contribution >= 4 is 15.9 Å². The van der Waals surface area contributed by atoms with Gasteiger partial charge in [-0.3, -0.25) is 0 Å². The Morgan fingerprint density at radius 1 is 1.45 bits per heavy atom. The molecule has 2 nitrogen and oxygen atoms in total. The number of hydrogen-bond donors (Lipinski definition) is 1. The first-order valence-corrected chi connectivity index (χ1v) is 3.92. The van der Waals surface area contributed by atoms with Crippen LogP contribution in [-0.4, -0.2) is 11.4 Å². The molecule has 59 valence electrons. The highest BCUT2D eigenvalue weighted by molar-refractivity contribution is 9.10. The number of aliphatic hydroxyl groups is 1. The van der Waals surface area contributed by atoms with Gasteiger partial charge in [0, 0.05) is 6.92 Å². The van der Waals surface area contributed by atoms with Gasteiger partial charge >= 0.3 is 0 Å². The Morgan fingerprint density at radius 3 is 2.64 bits per heavy atom. The Bertz CT molecular complexity index is 235. The van der Waals surface area contributed by atoms with E-state index in [9.17, 15) is 0 Å². The molecule has 0 spiro atoms. The van der Waals surface area contributed by atoms with Crippen LogP contribution < -0.4 is 4.74 Å². The lowest BCUT2D eigenvalue weighted by Crippen LogP contribution is -2.10. The van der Waals surface area contributed by atoms with E-state index in [1.807, 2.05) is 18.2 Å². The third kappa shape index (κ3) is 2.52. The Balaban J connectivity index is 2.78. The van der Waals surface area contributed by atoms with Crippen LogP contribution in [0, 0.1) is 6.92 Å². The zero-order valence-electron chi connectivity index (χ0n) is 5.83. The van der Waals surface area contributed by atoms with Gasteiger partial charge in [0.1, 0.15) is 5.75 Å². The van der Waals surface area contributed by atoms with E-state index in [2.05, 4.69) is 22.9 Å². The Kier molecular flexibility index (Phi) is 2.91. The van der Waals surface area contributed by atoms with Crippen LogP contribution in [0.15, 0.2) is 28.7 Å². The minimum Gasteiger partial charge on any atom is -0.464 e. The van der Waals surface area contributed by atoms with E-state index in [4.69, 9.17) is 9.84 Å². The molecule has 1 aromatic rings. The van der Waals surface area contributed by atoms with Crippen LogP contribution in [0.1, 0.15) is 0 Å². The first-order chi connectivity index (χ1) is 5.20. The largest absolute Gasteiger partial charge is 0.464 e. The fourth-order valence-electron chi connectivity index (χ4n) is 0.687. The average Bonchev–Trinajstić information content (AvgIpc) is 1.93. The SMILES string of the molecule is [CH2]C(O)Oc1ccccc1Br. The smallest absolute Gasteiger partial charge is 0.197 e. The highest BCUT2D eigenvalue weighted by atomic mass is 79.9. The van der Waals surface area contributed by atoms with Gasteiger partial charge in [-0.1, -0.05) is 12.1 Å². The summed E-state index contributed by atoms with van der Waals surface area (Å²) in [5, 5.41) is 8.78. The topological polar surface area (TPSA) is 29.5 Å². The maximum absolute atomic E-state index is 8.78. The maximum Gasteiger partial charge on any atom is 0.197 e. The first kappa shape index (κ1) is 8.56. The summed E-state index contributed by atoms with van der Waals surface area (Å²) in [7, 11) is 0. The average molecular weight is 216 g/mol. The second-order valence-corrected chi connectivity index (χ2v) is 2.86. The van der Waals surface area contributed by atoms with Gasteiger partial charge in [-0.25, -0.2) is 0 Å². The van der Waals surface area contributed by atoms with Crippen molar-refractivity contribution in [3.05, 3.63) is 35.7 Å². The molecule has 11 heavy (non-hydrogen) atoms. The molecule has 1 radical (unpaired) electrons. The van der Waals surface area contributed by atoms with Crippen molar-refractivity contribution in [3.63, 3.8) is 0 Å². The van der Waals surface area contributed by atoms with Crippen LogP contribution in [0.4, 0.5) is 0 Å². The molecule has 0 saturated heterocycles. The third-order valence-corrected chi connectivity index (χ3v) is 1.75. The number of aliphatic hydroxyl groups excluding tert-OH is 1. The van der Waals surface area contributed by atoms with Crippen LogP contribution >= 0.6 is 15.9 Å². The Morgan fingerprint density at radius 2 is 2.09 bits per heavy atom. The molecular weight excluding hydrogens is 208 g/mol. The molecule has 0 aliphatic carbocycles. The van der Waals surface area contributed by atoms with Crippen LogP contribution in [0.25, 0.3) is 0 Å². The molecule has 0 aliphatic rings. The molecule has 0 bridgehead atoms. The van der Waals surface area contributed by atoms with Gasteiger partial charge in [-0.05, 0) is 28.1 Å². The molecule has 1 rings (SSSR count). The van der Waals surface area contributed by atoms with Gasteiger partial charge in [0.05, 0.1) is 4.47 Å². The van der Waals surface area contributed by atoms with Crippen LogP contribution in [0.2, 0.25) is 0 Å². The van der Waals surface area contributed by atoms with E-state index < -0.39 is 6.29 Å². The number of rotatable bonds is 2. The lowest BCUT2D eigenvalue weighted by atomic mass is 10.3. The van der Waals surface area contributed by atoms with Gasteiger partial charge in [0.15, 0.2) is 6.29 Å². The molecular formula is C8H8BrO2. The van der Waals surface area contributed by atoms with E-state index in [-0.39, 0.29) is 0 Å². The zero-order chi connectivity index (χ0) is 8.27.